The van der Waals surface area contributed by atoms with E-state index < -0.39 is 15.8 Å². The van der Waals surface area contributed by atoms with Crippen molar-refractivity contribution >= 4 is 21.1 Å². The molecule has 0 spiro atoms. The Hall–Kier alpha value is -2.38. The molecule has 6 nitrogen and oxygen atoms in total. The highest BCUT2D eigenvalue weighted by atomic mass is 32.2. The number of nitrogens with zero attached hydrogens (tertiary/aromatic N) is 1. The maximum absolute atomic E-state index is 12.7. The van der Waals surface area contributed by atoms with Gasteiger partial charge in [0.25, 0.3) is 0 Å². The molecule has 0 unspecified atom stereocenters. The molecule has 0 amide bonds. The lowest BCUT2D eigenvalue weighted by molar-refractivity contribution is 0.245. The summed E-state index contributed by atoms with van der Waals surface area (Å²) in [7, 11) is -2.11. The fourth-order valence-corrected chi connectivity index (χ4v) is 4.70. The van der Waals surface area contributed by atoms with Crippen molar-refractivity contribution in [3.8, 4) is 0 Å². The van der Waals surface area contributed by atoms with Crippen molar-refractivity contribution < 1.29 is 12.8 Å². The van der Waals surface area contributed by atoms with Gasteiger partial charge in [-0.2, -0.15) is 0 Å². The molecule has 136 valence electrons. The molecule has 26 heavy (non-hydrogen) atoms. The third-order valence-corrected chi connectivity index (χ3v) is 6.77. The summed E-state index contributed by atoms with van der Waals surface area (Å²) >= 11 is 0. The van der Waals surface area contributed by atoms with Crippen molar-refractivity contribution in [1.29, 1.82) is 0 Å². The van der Waals surface area contributed by atoms with Gasteiger partial charge in [-0.25, -0.2) is 17.9 Å². The predicted molar refractivity (Wildman–Crippen MR) is 98.6 cm³/mol. The number of aryl methyl sites for hydroxylation is 1. The van der Waals surface area contributed by atoms with Crippen LogP contribution >= 0.6 is 0 Å². The first-order valence-electron chi connectivity index (χ1n) is 8.56. The minimum absolute atomic E-state index is 0.0990. The zero-order chi connectivity index (χ0) is 18.4. The third kappa shape index (κ3) is 2.77. The van der Waals surface area contributed by atoms with Gasteiger partial charge in [0, 0.05) is 25.1 Å². The Bertz CT molecular complexity index is 1110. The molecule has 1 saturated carbocycles. The summed E-state index contributed by atoms with van der Waals surface area (Å²) < 4.78 is 34.7. The SMILES string of the molecule is Cn1c(=O)oc2cc(S(=O)(=O)NCC3(c4ccccc4)CCC3)ccc21. The minimum atomic E-state index is -3.69. The van der Waals surface area contributed by atoms with Crippen molar-refractivity contribution in [2.24, 2.45) is 7.05 Å². The van der Waals surface area contributed by atoms with Gasteiger partial charge in [-0.3, -0.25) is 4.57 Å². The van der Waals surface area contributed by atoms with E-state index >= 15 is 0 Å². The van der Waals surface area contributed by atoms with Crippen LogP contribution in [0.1, 0.15) is 24.8 Å². The van der Waals surface area contributed by atoms with Gasteiger partial charge in [0.15, 0.2) is 5.58 Å². The smallest absolute Gasteiger partial charge is 0.408 e. The Morgan fingerprint density at radius 2 is 1.88 bits per heavy atom. The van der Waals surface area contributed by atoms with Gasteiger partial charge in [0.1, 0.15) is 0 Å². The molecule has 1 heterocycles. The zero-order valence-corrected chi connectivity index (χ0v) is 15.3. The standard InChI is InChI=1S/C19H20N2O4S/c1-21-16-9-8-15(12-17(16)25-18(21)22)26(23,24)20-13-19(10-5-11-19)14-6-3-2-4-7-14/h2-4,6-9,12,20H,5,10-11,13H2,1H3. The van der Waals surface area contributed by atoms with Crippen molar-refractivity contribution in [1.82, 2.24) is 9.29 Å². The van der Waals surface area contributed by atoms with Crippen LogP contribution in [0.5, 0.6) is 0 Å². The maximum atomic E-state index is 12.7. The Labute approximate surface area is 151 Å². The highest BCUT2D eigenvalue weighted by Crippen LogP contribution is 2.43. The van der Waals surface area contributed by atoms with Gasteiger partial charge in [-0.05, 0) is 30.5 Å². The van der Waals surface area contributed by atoms with Crippen LogP contribution in [0.15, 0.2) is 62.6 Å². The highest BCUT2D eigenvalue weighted by Gasteiger charge is 2.39. The Morgan fingerprint density at radius 1 is 1.15 bits per heavy atom. The van der Waals surface area contributed by atoms with E-state index in [1.807, 2.05) is 18.2 Å². The summed E-state index contributed by atoms with van der Waals surface area (Å²) in [5.41, 5.74) is 1.85. The van der Waals surface area contributed by atoms with Gasteiger partial charge in [0.2, 0.25) is 10.0 Å². The first kappa shape index (κ1) is 17.1. The number of rotatable bonds is 5. The van der Waals surface area contributed by atoms with Crippen molar-refractivity contribution in [2.45, 2.75) is 29.6 Å². The quantitative estimate of drug-likeness (QED) is 0.746. The Balaban J connectivity index is 1.60. The summed E-state index contributed by atoms with van der Waals surface area (Å²) in [5.74, 6) is -0.514. The molecule has 0 atom stereocenters. The molecular formula is C19H20N2O4S. The fourth-order valence-electron chi connectivity index (χ4n) is 3.56. The van der Waals surface area contributed by atoms with Crippen LogP contribution in [0.2, 0.25) is 0 Å². The van der Waals surface area contributed by atoms with Crippen LogP contribution < -0.4 is 10.5 Å². The largest absolute Gasteiger partial charge is 0.419 e. The van der Waals surface area contributed by atoms with E-state index in [9.17, 15) is 13.2 Å². The molecule has 0 radical (unpaired) electrons. The predicted octanol–water partition coefficient (Wildman–Crippen LogP) is 2.53. The molecule has 2 aromatic carbocycles. The number of sulfonamides is 1. The maximum Gasteiger partial charge on any atom is 0.419 e. The van der Waals surface area contributed by atoms with E-state index in [4.69, 9.17) is 4.42 Å². The van der Waals surface area contributed by atoms with Crippen LogP contribution in [-0.2, 0) is 22.5 Å². The molecular weight excluding hydrogens is 352 g/mol. The number of benzene rings is 2. The van der Waals surface area contributed by atoms with Crippen LogP contribution in [0.25, 0.3) is 11.1 Å². The summed E-state index contributed by atoms with van der Waals surface area (Å²) in [5, 5.41) is 0. The van der Waals surface area contributed by atoms with Gasteiger partial charge in [-0.15, -0.1) is 0 Å². The Morgan fingerprint density at radius 3 is 2.54 bits per heavy atom. The third-order valence-electron chi connectivity index (χ3n) is 5.37. The number of aromatic nitrogens is 1. The van der Waals surface area contributed by atoms with Crippen LogP contribution in [0.4, 0.5) is 0 Å². The molecule has 7 heteroatoms. The lowest BCUT2D eigenvalue weighted by Crippen LogP contribution is -2.45. The van der Waals surface area contributed by atoms with Crippen LogP contribution in [0.3, 0.4) is 0 Å². The average molecular weight is 372 g/mol. The second-order valence-electron chi connectivity index (χ2n) is 6.88. The molecule has 1 fully saturated rings. The molecule has 0 aliphatic heterocycles. The summed E-state index contributed by atoms with van der Waals surface area (Å²) in [6.45, 7) is 0.357. The molecule has 1 N–H and O–H groups in total. The topological polar surface area (TPSA) is 81.3 Å². The van der Waals surface area contributed by atoms with Crippen LogP contribution in [-0.4, -0.2) is 19.5 Å². The van der Waals surface area contributed by atoms with E-state index in [0.29, 0.717) is 12.1 Å². The number of fused-ring (bicyclic) bond motifs is 1. The van der Waals surface area contributed by atoms with Crippen LogP contribution in [0, 0.1) is 0 Å². The van der Waals surface area contributed by atoms with E-state index in [1.165, 1.54) is 22.3 Å². The van der Waals surface area contributed by atoms with Crippen molar-refractivity contribution in [2.75, 3.05) is 6.54 Å². The minimum Gasteiger partial charge on any atom is -0.408 e. The van der Waals surface area contributed by atoms with Crippen molar-refractivity contribution in [3.63, 3.8) is 0 Å². The summed E-state index contributed by atoms with van der Waals surface area (Å²) in [4.78, 5) is 11.7. The van der Waals surface area contributed by atoms with Gasteiger partial charge < -0.3 is 4.42 Å². The van der Waals surface area contributed by atoms with Gasteiger partial charge in [-0.1, -0.05) is 36.8 Å². The molecule has 1 aliphatic carbocycles. The first-order chi connectivity index (χ1) is 12.4. The summed E-state index contributed by atoms with van der Waals surface area (Å²) in [6, 6.07) is 14.5. The average Bonchev–Trinajstić information content (AvgIpc) is 2.89. The number of nitrogens with one attached hydrogen (secondary N) is 1. The first-order valence-corrected chi connectivity index (χ1v) is 10.0. The second kappa shape index (κ2) is 6.10. The molecule has 1 aliphatic rings. The lowest BCUT2D eigenvalue weighted by atomic mass is 9.64. The molecule has 0 bridgehead atoms. The monoisotopic (exact) mass is 372 g/mol. The normalized spacial score (nSPS) is 16.5. The molecule has 3 aromatic rings. The van der Waals surface area contributed by atoms with Gasteiger partial charge >= 0.3 is 5.76 Å². The lowest BCUT2D eigenvalue weighted by Gasteiger charge is -2.42. The molecule has 1 aromatic heterocycles. The van der Waals surface area contributed by atoms with E-state index in [-0.39, 0.29) is 15.9 Å². The van der Waals surface area contributed by atoms with E-state index in [0.717, 1.165) is 19.3 Å². The highest BCUT2D eigenvalue weighted by molar-refractivity contribution is 7.89. The van der Waals surface area contributed by atoms with E-state index in [2.05, 4.69) is 16.9 Å². The number of hydrogen-bond acceptors (Lipinski definition) is 4. The number of hydrogen-bond donors (Lipinski definition) is 1. The number of oxazole rings is 1. The fraction of sp³-hybridized carbons (Fsp3) is 0.316. The summed E-state index contributed by atoms with van der Waals surface area (Å²) in [6.07, 6.45) is 3.02. The second-order valence-corrected chi connectivity index (χ2v) is 8.65. The van der Waals surface area contributed by atoms with E-state index in [1.54, 1.807) is 13.1 Å². The molecule has 0 saturated heterocycles. The van der Waals surface area contributed by atoms with Crippen molar-refractivity contribution in [3.05, 3.63) is 64.6 Å². The zero-order valence-electron chi connectivity index (χ0n) is 14.4. The van der Waals surface area contributed by atoms with Gasteiger partial charge in [0.05, 0.1) is 10.4 Å². The Kier molecular flexibility index (Phi) is 4.00. The molecule has 4 rings (SSSR count).